The molecule has 5 rings (SSSR count). The van der Waals surface area contributed by atoms with Crippen LogP contribution in [0.1, 0.15) is 44.5 Å². The van der Waals surface area contributed by atoms with Crippen molar-refractivity contribution in [1.82, 2.24) is 9.97 Å². The van der Waals surface area contributed by atoms with Crippen LogP contribution in [-0.4, -0.2) is 35.3 Å². The Bertz CT molecular complexity index is 676. The molecule has 0 spiro atoms. The molecule has 23 heavy (non-hydrogen) atoms. The smallest absolute Gasteiger partial charge is 0.373 e. The lowest BCUT2D eigenvalue weighted by atomic mass is 9.38. The number of nitrogens with one attached hydrogen (secondary N) is 1. The summed E-state index contributed by atoms with van der Waals surface area (Å²) in [4.78, 5) is 11.2. The Morgan fingerprint density at radius 3 is 2.26 bits per heavy atom. The molecule has 0 saturated heterocycles. The van der Waals surface area contributed by atoms with Gasteiger partial charge in [0, 0.05) is 30.1 Å². The van der Waals surface area contributed by atoms with Gasteiger partial charge in [0.1, 0.15) is 17.5 Å². The van der Waals surface area contributed by atoms with Gasteiger partial charge in [-0.1, -0.05) is 13.8 Å². The van der Waals surface area contributed by atoms with Crippen LogP contribution in [0.5, 0.6) is 0 Å². The number of rotatable bonds is 2. The monoisotopic (exact) mass is 326 g/mol. The van der Waals surface area contributed by atoms with Gasteiger partial charge in [-0.2, -0.15) is 13.2 Å². The molecule has 3 aliphatic carbocycles. The third kappa shape index (κ3) is 1.68. The van der Waals surface area contributed by atoms with Crippen LogP contribution in [0.2, 0.25) is 0 Å². The number of fused-ring (bicyclic) bond motifs is 1. The van der Waals surface area contributed by atoms with Crippen LogP contribution >= 0.6 is 0 Å². The average molecular weight is 326 g/mol. The first kappa shape index (κ1) is 15.0. The van der Waals surface area contributed by atoms with Crippen molar-refractivity contribution in [2.24, 2.45) is 5.41 Å². The zero-order valence-corrected chi connectivity index (χ0v) is 13.8. The first-order valence-corrected chi connectivity index (χ1v) is 7.95. The first-order chi connectivity index (χ1) is 10.5. The van der Waals surface area contributed by atoms with E-state index in [0.29, 0.717) is 12.4 Å². The Kier molecular flexibility index (Phi) is 2.56. The van der Waals surface area contributed by atoms with Crippen molar-refractivity contribution in [3.05, 3.63) is 11.4 Å². The third-order valence-corrected chi connectivity index (χ3v) is 5.90. The molecule has 7 heteroatoms. The van der Waals surface area contributed by atoms with E-state index >= 15 is 0 Å². The summed E-state index contributed by atoms with van der Waals surface area (Å²) in [7, 11) is 1.82. The highest BCUT2D eigenvalue weighted by Gasteiger charge is 2.81. The summed E-state index contributed by atoms with van der Waals surface area (Å²) in [5.74, 6) is 2.26. The molecule has 1 aliphatic heterocycles. The standard InChI is InChI=1S/C16H21F3N4/c1-9-21-11(20-4)10-12(22-9)23(8-13(10,2)3)15-5-14(6-15,7-15)16(17,18)19/h5-8H2,1-4H3,(H,20,21,22). The van der Waals surface area contributed by atoms with Gasteiger partial charge in [-0.25, -0.2) is 9.97 Å². The Morgan fingerprint density at radius 1 is 1.13 bits per heavy atom. The second-order valence-electron chi connectivity index (χ2n) is 8.07. The third-order valence-electron chi connectivity index (χ3n) is 5.90. The van der Waals surface area contributed by atoms with Crippen LogP contribution in [0.3, 0.4) is 0 Å². The van der Waals surface area contributed by atoms with Gasteiger partial charge in [0.15, 0.2) is 0 Å². The van der Waals surface area contributed by atoms with Gasteiger partial charge in [-0.15, -0.1) is 0 Å². The summed E-state index contributed by atoms with van der Waals surface area (Å²) in [6.45, 7) is 6.74. The summed E-state index contributed by atoms with van der Waals surface area (Å²) in [5, 5.41) is 3.12. The summed E-state index contributed by atoms with van der Waals surface area (Å²) < 4.78 is 39.5. The lowest BCUT2D eigenvalue weighted by Gasteiger charge is -2.73. The van der Waals surface area contributed by atoms with Crippen molar-refractivity contribution in [3.63, 3.8) is 0 Å². The molecule has 0 atom stereocenters. The molecule has 1 aromatic rings. The predicted octanol–water partition coefficient (Wildman–Crippen LogP) is 3.41. The van der Waals surface area contributed by atoms with E-state index in [2.05, 4.69) is 34.0 Å². The van der Waals surface area contributed by atoms with Crippen LogP contribution < -0.4 is 10.2 Å². The van der Waals surface area contributed by atoms with Crippen LogP contribution in [0.25, 0.3) is 0 Å². The number of aromatic nitrogens is 2. The molecule has 3 fully saturated rings. The second kappa shape index (κ2) is 3.92. The molecule has 0 amide bonds. The number of anilines is 2. The zero-order chi connectivity index (χ0) is 16.8. The Hall–Kier alpha value is -1.53. The van der Waals surface area contributed by atoms with Gasteiger partial charge in [0.05, 0.1) is 5.41 Å². The zero-order valence-electron chi connectivity index (χ0n) is 13.8. The number of nitrogens with zero attached hydrogens (tertiary/aromatic N) is 3. The fourth-order valence-corrected chi connectivity index (χ4v) is 4.82. The predicted molar refractivity (Wildman–Crippen MR) is 81.8 cm³/mol. The van der Waals surface area contributed by atoms with Gasteiger partial charge in [0.25, 0.3) is 0 Å². The van der Waals surface area contributed by atoms with E-state index in [4.69, 9.17) is 0 Å². The fraction of sp³-hybridized carbons (Fsp3) is 0.750. The number of alkyl halides is 3. The maximum absolute atomic E-state index is 13.2. The minimum atomic E-state index is -4.08. The number of aryl methyl sites for hydroxylation is 1. The van der Waals surface area contributed by atoms with Gasteiger partial charge >= 0.3 is 6.18 Å². The minimum absolute atomic E-state index is 0.178. The Balaban J connectivity index is 1.73. The highest BCUT2D eigenvalue weighted by molar-refractivity contribution is 5.69. The Morgan fingerprint density at radius 2 is 1.74 bits per heavy atom. The Labute approximate surface area is 133 Å². The molecule has 126 valence electrons. The maximum Gasteiger partial charge on any atom is 0.394 e. The molecule has 2 bridgehead atoms. The molecule has 1 N–H and O–H groups in total. The summed E-state index contributed by atoms with van der Waals surface area (Å²) in [6, 6.07) is 0. The van der Waals surface area contributed by atoms with Crippen molar-refractivity contribution >= 4 is 11.6 Å². The van der Waals surface area contributed by atoms with Crippen molar-refractivity contribution in [3.8, 4) is 0 Å². The van der Waals surface area contributed by atoms with Crippen LogP contribution in [0, 0.1) is 12.3 Å². The number of hydrogen-bond donors (Lipinski definition) is 1. The van der Waals surface area contributed by atoms with Crippen molar-refractivity contribution in [1.29, 1.82) is 0 Å². The summed E-state index contributed by atoms with van der Waals surface area (Å²) in [5.41, 5.74) is -0.948. The number of halogens is 3. The summed E-state index contributed by atoms with van der Waals surface area (Å²) >= 11 is 0. The van der Waals surface area contributed by atoms with Gasteiger partial charge in [-0.3, -0.25) is 0 Å². The van der Waals surface area contributed by atoms with E-state index in [1.54, 1.807) is 0 Å². The van der Waals surface area contributed by atoms with Crippen LogP contribution in [0.15, 0.2) is 0 Å². The first-order valence-electron chi connectivity index (χ1n) is 7.95. The highest BCUT2D eigenvalue weighted by Crippen LogP contribution is 2.76. The molecular weight excluding hydrogens is 305 g/mol. The molecule has 0 aromatic carbocycles. The molecule has 0 unspecified atom stereocenters. The molecule has 4 nitrogen and oxygen atoms in total. The van der Waals surface area contributed by atoms with Crippen molar-refractivity contribution in [2.45, 2.75) is 57.2 Å². The normalized spacial score (nSPS) is 33.8. The molecule has 2 heterocycles. The van der Waals surface area contributed by atoms with Crippen molar-refractivity contribution < 1.29 is 13.2 Å². The van der Waals surface area contributed by atoms with Crippen LogP contribution in [0.4, 0.5) is 24.8 Å². The average Bonchev–Trinajstić information content (AvgIpc) is 2.55. The second-order valence-corrected chi connectivity index (χ2v) is 8.07. The maximum atomic E-state index is 13.2. The topological polar surface area (TPSA) is 41.1 Å². The van der Waals surface area contributed by atoms with E-state index in [0.717, 1.165) is 17.2 Å². The van der Waals surface area contributed by atoms with Gasteiger partial charge in [-0.05, 0) is 26.2 Å². The van der Waals surface area contributed by atoms with E-state index in [9.17, 15) is 13.2 Å². The minimum Gasteiger partial charge on any atom is -0.373 e. The summed E-state index contributed by atoms with van der Waals surface area (Å²) in [6.07, 6.45) is -3.46. The van der Waals surface area contributed by atoms with E-state index in [-0.39, 0.29) is 30.2 Å². The van der Waals surface area contributed by atoms with E-state index < -0.39 is 11.6 Å². The quantitative estimate of drug-likeness (QED) is 0.904. The SMILES string of the molecule is CNc1nc(C)nc2c1C(C)(C)CN2C12CC(C(F)(F)F)(C1)C2. The van der Waals surface area contributed by atoms with Crippen LogP contribution in [-0.2, 0) is 5.41 Å². The highest BCUT2D eigenvalue weighted by atomic mass is 19.4. The van der Waals surface area contributed by atoms with E-state index in [1.165, 1.54) is 0 Å². The molecule has 0 radical (unpaired) electrons. The molecule has 4 aliphatic rings. The van der Waals surface area contributed by atoms with Gasteiger partial charge in [0.2, 0.25) is 0 Å². The van der Waals surface area contributed by atoms with E-state index in [1.807, 2.05) is 14.0 Å². The van der Waals surface area contributed by atoms with Gasteiger partial charge < -0.3 is 10.2 Å². The molecular formula is C16H21F3N4. The van der Waals surface area contributed by atoms with Crippen molar-refractivity contribution in [2.75, 3.05) is 23.8 Å². The largest absolute Gasteiger partial charge is 0.394 e. The number of hydrogen-bond acceptors (Lipinski definition) is 4. The molecule has 3 saturated carbocycles. The molecule has 1 aromatic heterocycles. The fourth-order valence-electron chi connectivity index (χ4n) is 4.82. The lowest BCUT2D eigenvalue weighted by molar-refractivity contribution is -0.332. The lowest BCUT2D eigenvalue weighted by Crippen LogP contribution is -2.79.